The molecule has 0 radical (unpaired) electrons. The highest BCUT2D eigenvalue weighted by Crippen LogP contribution is 2.28. The molecule has 0 saturated heterocycles. The fourth-order valence-electron chi connectivity index (χ4n) is 3.16. The van der Waals surface area contributed by atoms with Gasteiger partial charge in [-0.05, 0) is 31.8 Å². The van der Waals surface area contributed by atoms with Crippen LogP contribution >= 0.6 is 0 Å². The molecule has 17 heavy (non-hydrogen) atoms. The molecule has 102 valence electrons. The summed E-state index contributed by atoms with van der Waals surface area (Å²) in [6.07, 6.45) is 11.2. The average Bonchev–Trinajstić information content (AvgIpc) is 2.39. The van der Waals surface area contributed by atoms with E-state index in [4.69, 9.17) is 5.73 Å². The molecule has 0 spiro atoms. The quantitative estimate of drug-likeness (QED) is 0.704. The van der Waals surface area contributed by atoms with Crippen LogP contribution in [0.5, 0.6) is 0 Å². The summed E-state index contributed by atoms with van der Waals surface area (Å²) in [6.45, 7) is 7.79. The average molecular weight is 240 g/mol. The van der Waals surface area contributed by atoms with E-state index in [-0.39, 0.29) is 0 Å². The minimum absolute atomic E-state index is 0.634. The molecule has 1 saturated carbocycles. The van der Waals surface area contributed by atoms with Crippen LogP contribution in [0.2, 0.25) is 0 Å². The number of likely N-dealkylation sites (N-methyl/N-ethyl adjacent to an activating group) is 1. The maximum atomic E-state index is 6.00. The molecule has 2 nitrogen and oxygen atoms in total. The van der Waals surface area contributed by atoms with Gasteiger partial charge < -0.3 is 5.73 Å². The second-order valence-electron chi connectivity index (χ2n) is 5.61. The van der Waals surface area contributed by atoms with Crippen LogP contribution in [0.3, 0.4) is 0 Å². The first-order valence-electron chi connectivity index (χ1n) is 7.75. The highest BCUT2D eigenvalue weighted by atomic mass is 15.2. The van der Waals surface area contributed by atoms with Crippen molar-refractivity contribution in [1.82, 2.24) is 4.90 Å². The van der Waals surface area contributed by atoms with Gasteiger partial charge in [0.25, 0.3) is 0 Å². The van der Waals surface area contributed by atoms with Gasteiger partial charge in [0, 0.05) is 12.6 Å². The van der Waals surface area contributed by atoms with E-state index in [0.717, 1.165) is 19.0 Å². The Morgan fingerprint density at radius 2 is 1.88 bits per heavy atom. The fraction of sp³-hybridized carbons (Fsp3) is 1.00. The third-order valence-electron chi connectivity index (χ3n) is 4.32. The van der Waals surface area contributed by atoms with Crippen LogP contribution < -0.4 is 5.73 Å². The van der Waals surface area contributed by atoms with Crippen molar-refractivity contribution in [2.75, 3.05) is 19.6 Å². The molecule has 0 aliphatic heterocycles. The van der Waals surface area contributed by atoms with E-state index in [2.05, 4.69) is 18.7 Å². The smallest absolute Gasteiger partial charge is 0.0220 e. The zero-order chi connectivity index (χ0) is 12.5. The molecule has 0 amide bonds. The van der Waals surface area contributed by atoms with Crippen molar-refractivity contribution in [3.05, 3.63) is 0 Å². The van der Waals surface area contributed by atoms with Crippen LogP contribution in [0.15, 0.2) is 0 Å². The van der Waals surface area contributed by atoms with Crippen LogP contribution in [-0.2, 0) is 0 Å². The molecule has 1 atom stereocenters. The van der Waals surface area contributed by atoms with E-state index in [9.17, 15) is 0 Å². The van der Waals surface area contributed by atoms with E-state index in [1.807, 2.05) is 0 Å². The van der Waals surface area contributed by atoms with Crippen LogP contribution in [0.25, 0.3) is 0 Å². The van der Waals surface area contributed by atoms with Gasteiger partial charge in [-0.3, -0.25) is 4.90 Å². The van der Waals surface area contributed by atoms with Gasteiger partial charge in [0.15, 0.2) is 0 Å². The summed E-state index contributed by atoms with van der Waals surface area (Å²) in [4.78, 5) is 2.61. The van der Waals surface area contributed by atoms with Crippen molar-refractivity contribution in [3.63, 3.8) is 0 Å². The number of hydrogen-bond acceptors (Lipinski definition) is 2. The predicted molar refractivity (Wildman–Crippen MR) is 76.2 cm³/mol. The lowest BCUT2D eigenvalue weighted by atomic mass is 9.84. The van der Waals surface area contributed by atoms with Crippen LogP contribution in [0.4, 0.5) is 0 Å². The monoisotopic (exact) mass is 240 g/mol. The Bertz CT molecular complexity index is 176. The maximum absolute atomic E-state index is 6.00. The molecule has 1 aliphatic rings. The second-order valence-corrected chi connectivity index (χ2v) is 5.61. The van der Waals surface area contributed by atoms with E-state index in [1.54, 1.807) is 0 Å². The summed E-state index contributed by atoms with van der Waals surface area (Å²) >= 11 is 0. The molecule has 0 aromatic heterocycles. The molecule has 1 aliphatic carbocycles. The Balaban J connectivity index is 2.37. The molecule has 2 heteroatoms. The van der Waals surface area contributed by atoms with Crippen molar-refractivity contribution < 1.29 is 0 Å². The molecular formula is C15H32N2. The minimum Gasteiger partial charge on any atom is -0.329 e. The molecule has 1 fully saturated rings. The first-order chi connectivity index (χ1) is 8.31. The lowest BCUT2D eigenvalue weighted by Gasteiger charge is -2.33. The summed E-state index contributed by atoms with van der Waals surface area (Å²) < 4.78 is 0. The molecule has 0 heterocycles. The van der Waals surface area contributed by atoms with Crippen molar-refractivity contribution in [2.45, 2.75) is 71.3 Å². The van der Waals surface area contributed by atoms with E-state index in [1.165, 1.54) is 57.9 Å². The largest absolute Gasteiger partial charge is 0.329 e. The summed E-state index contributed by atoms with van der Waals surface area (Å²) in [5.41, 5.74) is 6.00. The van der Waals surface area contributed by atoms with Crippen LogP contribution in [0, 0.1) is 5.92 Å². The number of rotatable bonds is 8. The minimum atomic E-state index is 0.634. The Morgan fingerprint density at radius 3 is 2.41 bits per heavy atom. The standard InChI is InChI=1S/C15H32N2/c1-3-5-11-17(4-2)15(13-16)12-14-9-7-6-8-10-14/h14-15H,3-13,16H2,1-2H3. The Kier molecular flexibility index (Phi) is 7.87. The summed E-state index contributed by atoms with van der Waals surface area (Å²) in [5.74, 6) is 0.952. The van der Waals surface area contributed by atoms with Gasteiger partial charge in [-0.2, -0.15) is 0 Å². The fourth-order valence-corrected chi connectivity index (χ4v) is 3.16. The Labute approximate surface area is 108 Å². The molecule has 0 aromatic rings. The van der Waals surface area contributed by atoms with Gasteiger partial charge >= 0.3 is 0 Å². The Morgan fingerprint density at radius 1 is 1.18 bits per heavy atom. The van der Waals surface area contributed by atoms with E-state index >= 15 is 0 Å². The predicted octanol–water partition coefficient (Wildman–Crippen LogP) is 3.41. The lowest BCUT2D eigenvalue weighted by Crippen LogP contribution is -2.42. The first-order valence-corrected chi connectivity index (χ1v) is 7.75. The van der Waals surface area contributed by atoms with Gasteiger partial charge in [-0.1, -0.05) is 52.4 Å². The van der Waals surface area contributed by atoms with Crippen molar-refractivity contribution in [2.24, 2.45) is 11.7 Å². The van der Waals surface area contributed by atoms with Crippen LogP contribution in [0.1, 0.15) is 65.2 Å². The SMILES string of the molecule is CCCCN(CC)C(CN)CC1CCCCC1. The summed E-state index contributed by atoms with van der Waals surface area (Å²) in [6, 6.07) is 0.634. The topological polar surface area (TPSA) is 29.3 Å². The third-order valence-corrected chi connectivity index (χ3v) is 4.32. The van der Waals surface area contributed by atoms with E-state index < -0.39 is 0 Å². The maximum Gasteiger partial charge on any atom is 0.0220 e. The van der Waals surface area contributed by atoms with Gasteiger partial charge in [0.2, 0.25) is 0 Å². The molecule has 0 bridgehead atoms. The Hall–Kier alpha value is -0.0800. The second kappa shape index (κ2) is 8.93. The van der Waals surface area contributed by atoms with Gasteiger partial charge in [0.1, 0.15) is 0 Å². The molecule has 0 aromatic carbocycles. The van der Waals surface area contributed by atoms with Gasteiger partial charge in [-0.25, -0.2) is 0 Å². The number of nitrogens with two attached hydrogens (primary N) is 1. The molecular weight excluding hydrogens is 208 g/mol. The number of hydrogen-bond donors (Lipinski definition) is 1. The normalized spacial score (nSPS) is 19.8. The molecule has 1 rings (SSSR count). The third kappa shape index (κ3) is 5.39. The number of unbranched alkanes of at least 4 members (excludes halogenated alkanes) is 1. The highest BCUT2D eigenvalue weighted by Gasteiger charge is 2.21. The zero-order valence-electron chi connectivity index (χ0n) is 12.0. The zero-order valence-corrected chi connectivity index (χ0v) is 12.0. The summed E-state index contributed by atoms with van der Waals surface area (Å²) in [7, 11) is 0. The molecule has 1 unspecified atom stereocenters. The lowest BCUT2D eigenvalue weighted by molar-refractivity contribution is 0.164. The van der Waals surface area contributed by atoms with E-state index in [0.29, 0.717) is 6.04 Å². The summed E-state index contributed by atoms with van der Waals surface area (Å²) in [5, 5.41) is 0. The van der Waals surface area contributed by atoms with Crippen molar-refractivity contribution in [1.29, 1.82) is 0 Å². The van der Waals surface area contributed by atoms with Gasteiger partial charge in [-0.15, -0.1) is 0 Å². The first kappa shape index (κ1) is 15.0. The van der Waals surface area contributed by atoms with Gasteiger partial charge in [0.05, 0.1) is 0 Å². The highest BCUT2D eigenvalue weighted by molar-refractivity contribution is 4.77. The molecule has 2 N–H and O–H groups in total. The van der Waals surface area contributed by atoms with Crippen molar-refractivity contribution >= 4 is 0 Å². The van der Waals surface area contributed by atoms with Crippen molar-refractivity contribution in [3.8, 4) is 0 Å². The number of nitrogens with zero attached hydrogens (tertiary/aromatic N) is 1. The van der Waals surface area contributed by atoms with Crippen LogP contribution in [-0.4, -0.2) is 30.6 Å².